The van der Waals surface area contributed by atoms with Crippen LogP contribution in [0.3, 0.4) is 0 Å². The van der Waals surface area contributed by atoms with E-state index in [1.807, 2.05) is 6.07 Å². The molecule has 2 N–H and O–H groups in total. The molecule has 2 saturated carbocycles. The summed E-state index contributed by atoms with van der Waals surface area (Å²) in [4.78, 5) is 21.5. The van der Waals surface area contributed by atoms with Gasteiger partial charge in [-0.3, -0.25) is 4.79 Å². The Morgan fingerprint density at radius 2 is 1.89 bits per heavy atom. The van der Waals surface area contributed by atoms with Crippen molar-refractivity contribution in [2.24, 2.45) is 10.9 Å². The lowest BCUT2D eigenvalue weighted by molar-refractivity contribution is 0.0894. The summed E-state index contributed by atoms with van der Waals surface area (Å²) in [6.45, 7) is 1.51. The van der Waals surface area contributed by atoms with Crippen LogP contribution in [0.25, 0.3) is 0 Å². The molecule has 1 aliphatic heterocycles. The van der Waals surface area contributed by atoms with Gasteiger partial charge in [-0.05, 0) is 68.5 Å². The van der Waals surface area contributed by atoms with Crippen LogP contribution in [-0.4, -0.2) is 48.3 Å². The van der Waals surface area contributed by atoms with Gasteiger partial charge >= 0.3 is 0 Å². The molecule has 0 saturated heterocycles. The van der Waals surface area contributed by atoms with Gasteiger partial charge in [-0.25, -0.2) is 18.8 Å². The summed E-state index contributed by atoms with van der Waals surface area (Å²) in [6.07, 6.45) is 4.87. The molecular weight excluding hydrogens is 349 g/mol. The van der Waals surface area contributed by atoms with E-state index in [9.17, 15) is 13.6 Å². The number of pyridine rings is 1. The van der Waals surface area contributed by atoms with Gasteiger partial charge in [-0.1, -0.05) is 0 Å². The summed E-state index contributed by atoms with van der Waals surface area (Å²) in [5, 5.41) is 6.06. The molecule has 8 heteroatoms. The fourth-order valence-corrected chi connectivity index (χ4v) is 4.00. The third kappa shape index (κ3) is 4.37. The average Bonchev–Trinajstić information content (AvgIpc) is 3.41. The van der Waals surface area contributed by atoms with Crippen molar-refractivity contribution in [3.63, 3.8) is 0 Å². The molecule has 0 radical (unpaired) electrons. The Labute approximate surface area is 158 Å². The highest BCUT2D eigenvalue weighted by Gasteiger charge is 2.32. The van der Waals surface area contributed by atoms with Gasteiger partial charge in [0, 0.05) is 18.3 Å². The number of aromatic nitrogens is 1. The number of nitrogens with one attached hydrogen (secondary N) is 2. The lowest BCUT2D eigenvalue weighted by Crippen LogP contribution is -2.46. The minimum Gasteiger partial charge on any atom is -0.349 e. The third-order valence-electron chi connectivity index (χ3n) is 5.81. The lowest BCUT2D eigenvalue weighted by atomic mass is 9.66. The van der Waals surface area contributed by atoms with E-state index in [1.54, 1.807) is 6.20 Å². The first kappa shape index (κ1) is 18.5. The second-order valence-electron chi connectivity index (χ2n) is 8.07. The molecule has 1 atom stereocenters. The Morgan fingerprint density at radius 1 is 1.19 bits per heavy atom. The van der Waals surface area contributed by atoms with Crippen molar-refractivity contribution in [1.29, 1.82) is 0 Å². The van der Waals surface area contributed by atoms with Crippen LogP contribution in [-0.2, 0) is 0 Å². The van der Waals surface area contributed by atoms with Crippen molar-refractivity contribution in [2.75, 3.05) is 0 Å². The average molecular weight is 374 g/mol. The van der Waals surface area contributed by atoms with E-state index in [0.29, 0.717) is 11.5 Å². The molecule has 1 aromatic rings. The minimum absolute atomic E-state index is 0.0870. The van der Waals surface area contributed by atoms with Crippen LogP contribution in [0.1, 0.15) is 55.8 Å². The number of fused-ring (bicyclic) bond motifs is 1. The minimum atomic E-state index is -2.35. The van der Waals surface area contributed by atoms with Gasteiger partial charge in [0.05, 0.1) is 11.6 Å². The van der Waals surface area contributed by atoms with Crippen LogP contribution in [0.2, 0.25) is 0 Å². The predicted molar refractivity (Wildman–Crippen MR) is 103 cm³/mol. The summed E-state index contributed by atoms with van der Waals surface area (Å²) in [6, 6.07) is 1.31. The zero-order valence-electron chi connectivity index (χ0n) is 15.5. The van der Waals surface area contributed by atoms with Crippen molar-refractivity contribution in [3.8, 4) is 0 Å². The van der Waals surface area contributed by atoms with Crippen LogP contribution in [0.15, 0.2) is 17.3 Å². The van der Waals surface area contributed by atoms with Crippen molar-refractivity contribution < 1.29 is 13.6 Å². The van der Waals surface area contributed by atoms with Gasteiger partial charge in [0.25, 0.3) is 12.3 Å². The number of nitrogens with zero attached hydrogens (tertiary/aromatic N) is 2. The van der Waals surface area contributed by atoms with Crippen LogP contribution >= 0.6 is 0 Å². The monoisotopic (exact) mass is 374 g/mol. The molecule has 2 fully saturated rings. The van der Waals surface area contributed by atoms with Crippen LogP contribution in [0.5, 0.6) is 0 Å². The van der Waals surface area contributed by atoms with E-state index < -0.39 is 12.5 Å². The Morgan fingerprint density at radius 3 is 2.56 bits per heavy atom. The second kappa shape index (κ2) is 7.66. The van der Waals surface area contributed by atoms with Gasteiger partial charge in [-0.15, -0.1) is 0 Å². The van der Waals surface area contributed by atoms with E-state index >= 15 is 0 Å². The van der Waals surface area contributed by atoms with Crippen LogP contribution in [0.4, 0.5) is 14.6 Å². The maximum atomic E-state index is 12.7. The Bertz CT molecular complexity index is 745. The number of rotatable bonds is 6. The summed E-state index contributed by atoms with van der Waals surface area (Å²) in [5.41, 5.74) is 2.82. The molecule has 4 rings (SSSR count). The van der Waals surface area contributed by atoms with Crippen LogP contribution < -0.4 is 16.1 Å². The Hall–Kier alpha value is -1.83. The van der Waals surface area contributed by atoms with Crippen molar-refractivity contribution in [1.82, 2.24) is 15.6 Å². The molecule has 0 spiro atoms. The molecule has 0 bridgehead atoms. The van der Waals surface area contributed by atoms with E-state index in [-0.39, 0.29) is 18.0 Å². The van der Waals surface area contributed by atoms with E-state index in [2.05, 4.69) is 20.6 Å². The molecule has 0 aromatic carbocycles. The zero-order chi connectivity index (χ0) is 19.0. The number of aliphatic imine (C=N–C) groups is 1. The smallest absolute Gasteiger partial charge is 0.253 e. The van der Waals surface area contributed by atoms with Gasteiger partial charge < -0.3 is 10.6 Å². The largest absolute Gasteiger partial charge is 0.349 e. The number of hydrogen-bond acceptors (Lipinski definition) is 4. The van der Waals surface area contributed by atoms with Gasteiger partial charge in [0.1, 0.15) is 5.82 Å². The fourth-order valence-electron chi connectivity index (χ4n) is 4.00. The molecule has 2 aliphatic carbocycles. The number of hydrogen-bond donors (Lipinski definition) is 2. The number of halogens is 2. The molecule has 1 aromatic heterocycles. The zero-order valence-corrected chi connectivity index (χ0v) is 15.5. The van der Waals surface area contributed by atoms with E-state index in [4.69, 9.17) is 0 Å². The Kier molecular flexibility index (Phi) is 5.26. The fraction of sp³-hybridized carbons (Fsp3) is 0.632. The first-order valence-corrected chi connectivity index (χ1v) is 9.91. The van der Waals surface area contributed by atoms with Crippen molar-refractivity contribution >= 4 is 30.1 Å². The first-order chi connectivity index (χ1) is 13.0. The normalized spacial score (nSPS) is 25.6. The molecule has 144 valence electrons. The van der Waals surface area contributed by atoms with Gasteiger partial charge in [-0.2, -0.15) is 0 Å². The number of amides is 1. The molecule has 5 nitrogen and oxygen atoms in total. The summed E-state index contributed by atoms with van der Waals surface area (Å²) < 4.78 is 25.3. The van der Waals surface area contributed by atoms with Gasteiger partial charge in [0.2, 0.25) is 7.28 Å². The number of carbonyl (C=O) groups is 1. The van der Waals surface area contributed by atoms with E-state index in [1.165, 1.54) is 25.4 Å². The first-order valence-electron chi connectivity index (χ1n) is 9.91. The highest BCUT2D eigenvalue weighted by molar-refractivity contribution is 6.88. The molecule has 27 heavy (non-hydrogen) atoms. The molecule has 2 heterocycles. The van der Waals surface area contributed by atoms with Gasteiger partial charge in [0.15, 0.2) is 0 Å². The predicted octanol–water partition coefficient (Wildman–Crippen LogP) is 1.88. The van der Waals surface area contributed by atoms with Crippen molar-refractivity contribution in [2.45, 2.75) is 70.0 Å². The summed E-state index contributed by atoms with van der Waals surface area (Å²) >= 11 is 0. The number of alkyl halides is 2. The molecule has 1 unspecified atom stereocenters. The SMILES string of the molecule is CC(NC1CCC(NC(=O)c2cnc3c(c2)BC(C2CC2)=N3)CC1)C(F)F. The lowest BCUT2D eigenvalue weighted by Gasteiger charge is -2.31. The maximum Gasteiger partial charge on any atom is 0.253 e. The highest BCUT2D eigenvalue weighted by atomic mass is 19.3. The Balaban J connectivity index is 1.28. The summed E-state index contributed by atoms with van der Waals surface area (Å²) in [7, 11) is 0.813. The van der Waals surface area contributed by atoms with Crippen LogP contribution in [0, 0.1) is 5.92 Å². The molecular formula is C19H25BF2N4O. The van der Waals surface area contributed by atoms with Crippen molar-refractivity contribution in [3.05, 3.63) is 17.8 Å². The number of carbonyl (C=O) groups excluding carboxylic acids is 1. The topological polar surface area (TPSA) is 66.4 Å². The standard InChI is InChI=1S/C19H25BF2N4O/c1-10(17(21)22)24-13-4-6-14(7-5-13)25-19(27)12-8-15-18(23-9-12)26-16(20-15)11-2-3-11/h8-11,13-14,17,20,24H,2-7H2,1H3,(H,25,27). The quantitative estimate of drug-likeness (QED) is 0.748. The highest BCUT2D eigenvalue weighted by Crippen LogP contribution is 2.33. The summed E-state index contributed by atoms with van der Waals surface area (Å²) in [5.74, 6) is 1.27. The third-order valence-corrected chi connectivity index (χ3v) is 5.81. The van der Waals surface area contributed by atoms with E-state index in [0.717, 1.165) is 44.2 Å². The maximum absolute atomic E-state index is 12.7. The second-order valence-corrected chi connectivity index (χ2v) is 8.07. The molecule has 3 aliphatic rings. The molecule has 1 amide bonds.